The molecule has 0 aliphatic rings. The first kappa shape index (κ1) is 18.9. The van der Waals surface area contributed by atoms with Crippen molar-refractivity contribution in [1.29, 1.82) is 0 Å². The number of benzene rings is 1. The summed E-state index contributed by atoms with van der Waals surface area (Å²) in [5.41, 5.74) is 6.98. The predicted molar refractivity (Wildman–Crippen MR) is 77.7 cm³/mol. The van der Waals surface area contributed by atoms with E-state index in [1.54, 1.807) is 7.11 Å². The third-order valence-corrected chi connectivity index (χ3v) is 2.61. The average molecular weight is 281 g/mol. The van der Waals surface area contributed by atoms with E-state index in [0.717, 1.165) is 12.2 Å². The normalized spacial score (nSPS) is 11.4. The molecule has 0 radical (unpaired) electrons. The predicted octanol–water partition coefficient (Wildman–Crippen LogP) is 1.97. The molecule has 0 saturated heterocycles. The summed E-state index contributed by atoms with van der Waals surface area (Å²) in [6.07, 6.45) is 0.959. The molecule has 17 heavy (non-hydrogen) atoms. The topological polar surface area (TPSA) is 38.5 Å². The van der Waals surface area contributed by atoms with E-state index < -0.39 is 0 Å². The summed E-state index contributed by atoms with van der Waals surface area (Å²) in [4.78, 5) is 2.15. The minimum absolute atomic E-state index is 0. The third kappa shape index (κ3) is 6.13. The van der Waals surface area contributed by atoms with Gasteiger partial charge in [-0.3, -0.25) is 0 Å². The van der Waals surface area contributed by atoms with Crippen molar-refractivity contribution in [3.05, 3.63) is 29.8 Å². The molecule has 1 atom stereocenters. The van der Waals surface area contributed by atoms with Crippen LogP contribution in [0.3, 0.4) is 0 Å². The van der Waals surface area contributed by atoms with Gasteiger partial charge in [-0.1, -0.05) is 12.1 Å². The van der Waals surface area contributed by atoms with E-state index in [4.69, 9.17) is 10.5 Å². The molecule has 0 unspecified atom stereocenters. The summed E-state index contributed by atoms with van der Waals surface area (Å²) < 4.78 is 5.19. The zero-order valence-electron chi connectivity index (χ0n) is 10.6. The van der Waals surface area contributed by atoms with Gasteiger partial charge in [0.05, 0.1) is 7.11 Å². The lowest BCUT2D eigenvalue weighted by atomic mass is 10.1. The van der Waals surface area contributed by atoms with Gasteiger partial charge in [-0.05, 0) is 38.2 Å². The van der Waals surface area contributed by atoms with Crippen molar-refractivity contribution in [2.45, 2.75) is 12.5 Å². The Hall–Kier alpha value is -0.480. The average Bonchev–Trinajstić information content (AvgIpc) is 2.25. The quantitative estimate of drug-likeness (QED) is 0.896. The number of ether oxygens (including phenoxy) is 1. The highest BCUT2D eigenvalue weighted by Crippen LogP contribution is 2.14. The Morgan fingerprint density at radius 1 is 1.29 bits per heavy atom. The molecule has 0 amide bonds. The largest absolute Gasteiger partial charge is 0.497 e. The number of halogens is 2. The summed E-state index contributed by atoms with van der Waals surface area (Å²) >= 11 is 0. The molecule has 0 bridgehead atoms. The molecule has 0 aliphatic carbocycles. The smallest absolute Gasteiger partial charge is 0.119 e. The van der Waals surface area contributed by atoms with Crippen molar-refractivity contribution in [2.24, 2.45) is 5.73 Å². The maximum absolute atomic E-state index is 5.72. The Bertz CT molecular complexity index is 308. The van der Waals surface area contributed by atoms with E-state index in [0.29, 0.717) is 12.6 Å². The Labute approximate surface area is 116 Å². The molecule has 100 valence electrons. The molecule has 2 N–H and O–H groups in total. The number of hydrogen-bond donors (Lipinski definition) is 1. The van der Waals surface area contributed by atoms with Gasteiger partial charge in [0.15, 0.2) is 0 Å². The van der Waals surface area contributed by atoms with Gasteiger partial charge in [-0.15, -0.1) is 24.8 Å². The Morgan fingerprint density at radius 2 is 1.94 bits per heavy atom. The zero-order chi connectivity index (χ0) is 11.3. The van der Waals surface area contributed by atoms with Gasteiger partial charge in [-0.25, -0.2) is 0 Å². The van der Waals surface area contributed by atoms with E-state index in [-0.39, 0.29) is 24.8 Å². The molecular weight excluding hydrogens is 259 g/mol. The number of nitrogens with two attached hydrogens (primary N) is 1. The summed E-state index contributed by atoms with van der Waals surface area (Å²) in [5, 5.41) is 0. The number of nitrogens with zero attached hydrogens (tertiary/aromatic N) is 1. The van der Waals surface area contributed by atoms with E-state index in [1.165, 1.54) is 5.56 Å². The number of methoxy groups -OCH3 is 1. The standard InChI is InChI=1S/C12H20N2O.2ClH/c1-14(2)11(9-13)7-10-5-4-6-12(8-10)15-3;;/h4-6,8,11H,7,9,13H2,1-3H3;2*1H/t11-;;/m0../s1. The molecule has 0 aliphatic heterocycles. The van der Waals surface area contributed by atoms with Crippen LogP contribution < -0.4 is 10.5 Å². The van der Waals surface area contributed by atoms with Crippen LogP contribution in [0.5, 0.6) is 5.75 Å². The van der Waals surface area contributed by atoms with Crippen molar-refractivity contribution < 1.29 is 4.74 Å². The minimum Gasteiger partial charge on any atom is -0.497 e. The van der Waals surface area contributed by atoms with Gasteiger partial charge in [0.1, 0.15) is 5.75 Å². The number of likely N-dealkylation sites (N-methyl/N-ethyl adjacent to an activating group) is 1. The summed E-state index contributed by atoms with van der Waals surface area (Å²) in [7, 11) is 5.79. The molecule has 0 spiro atoms. The molecule has 3 nitrogen and oxygen atoms in total. The Kier molecular flexibility index (Phi) is 10.6. The molecule has 1 aromatic rings. The molecule has 1 rings (SSSR count). The van der Waals surface area contributed by atoms with Crippen LogP contribution in [0, 0.1) is 0 Å². The van der Waals surface area contributed by atoms with Crippen LogP contribution in [0.4, 0.5) is 0 Å². The monoisotopic (exact) mass is 280 g/mol. The molecule has 0 saturated carbocycles. The second-order valence-electron chi connectivity index (χ2n) is 3.91. The first-order valence-electron chi connectivity index (χ1n) is 5.16. The van der Waals surface area contributed by atoms with Crippen LogP contribution in [0.2, 0.25) is 0 Å². The molecule has 0 heterocycles. The molecular formula is C12H22Cl2N2O. The van der Waals surface area contributed by atoms with Crippen molar-refractivity contribution in [1.82, 2.24) is 4.90 Å². The Morgan fingerprint density at radius 3 is 2.41 bits per heavy atom. The highest BCUT2D eigenvalue weighted by molar-refractivity contribution is 5.85. The fourth-order valence-corrected chi connectivity index (χ4v) is 1.55. The van der Waals surface area contributed by atoms with Gasteiger partial charge in [0.2, 0.25) is 0 Å². The molecule has 0 fully saturated rings. The van der Waals surface area contributed by atoms with Crippen LogP contribution in [0.25, 0.3) is 0 Å². The van der Waals surface area contributed by atoms with Crippen molar-refractivity contribution in [3.63, 3.8) is 0 Å². The fraction of sp³-hybridized carbons (Fsp3) is 0.500. The van der Waals surface area contributed by atoms with Gasteiger partial charge in [0, 0.05) is 12.6 Å². The van der Waals surface area contributed by atoms with E-state index >= 15 is 0 Å². The third-order valence-electron chi connectivity index (χ3n) is 2.61. The van der Waals surface area contributed by atoms with Crippen molar-refractivity contribution in [3.8, 4) is 5.75 Å². The lowest BCUT2D eigenvalue weighted by Gasteiger charge is -2.22. The summed E-state index contributed by atoms with van der Waals surface area (Å²) in [6, 6.07) is 8.52. The van der Waals surface area contributed by atoms with Crippen molar-refractivity contribution >= 4 is 24.8 Å². The Balaban J connectivity index is 0. The summed E-state index contributed by atoms with van der Waals surface area (Å²) in [5.74, 6) is 0.905. The van der Waals surface area contributed by atoms with Crippen molar-refractivity contribution in [2.75, 3.05) is 27.7 Å². The maximum Gasteiger partial charge on any atom is 0.119 e. The molecule has 1 aromatic carbocycles. The minimum atomic E-state index is 0. The lowest BCUT2D eigenvalue weighted by Crippen LogP contribution is -2.36. The summed E-state index contributed by atoms with van der Waals surface area (Å²) in [6.45, 7) is 0.671. The van der Waals surface area contributed by atoms with Gasteiger partial charge in [-0.2, -0.15) is 0 Å². The first-order chi connectivity index (χ1) is 7.17. The van der Waals surface area contributed by atoms with E-state index in [1.807, 2.05) is 12.1 Å². The van der Waals surface area contributed by atoms with Crippen LogP contribution in [-0.2, 0) is 6.42 Å². The second kappa shape index (κ2) is 9.54. The second-order valence-corrected chi connectivity index (χ2v) is 3.91. The highest BCUT2D eigenvalue weighted by atomic mass is 35.5. The maximum atomic E-state index is 5.72. The number of rotatable bonds is 5. The van der Waals surface area contributed by atoms with Crippen LogP contribution >= 0.6 is 24.8 Å². The molecule has 5 heteroatoms. The van der Waals surface area contributed by atoms with Crippen LogP contribution in [-0.4, -0.2) is 38.7 Å². The molecule has 0 aromatic heterocycles. The SMILES string of the molecule is COc1cccc(C[C@@H](CN)N(C)C)c1.Cl.Cl. The van der Waals surface area contributed by atoms with Crippen LogP contribution in [0.1, 0.15) is 5.56 Å². The highest BCUT2D eigenvalue weighted by Gasteiger charge is 2.10. The fourth-order valence-electron chi connectivity index (χ4n) is 1.55. The lowest BCUT2D eigenvalue weighted by molar-refractivity contribution is 0.297. The van der Waals surface area contributed by atoms with Gasteiger partial charge in [0.25, 0.3) is 0 Å². The number of hydrogen-bond acceptors (Lipinski definition) is 3. The van der Waals surface area contributed by atoms with E-state index in [2.05, 4.69) is 31.1 Å². The van der Waals surface area contributed by atoms with E-state index in [9.17, 15) is 0 Å². The first-order valence-corrected chi connectivity index (χ1v) is 5.16. The van der Waals surface area contributed by atoms with Crippen LogP contribution in [0.15, 0.2) is 24.3 Å². The van der Waals surface area contributed by atoms with Gasteiger partial charge >= 0.3 is 0 Å². The zero-order valence-corrected chi connectivity index (χ0v) is 12.2. The van der Waals surface area contributed by atoms with Gasteiger partial charge < -0.3 is 15.4 Å².